The van der Waals surface area contributed by atoms with Crippen LogP contribution in [0.3, 0.4) is 0 Å². The first kappa shape index (κ1) is 23.8. The van der Waals surface area contributed by atoms with E-state index in [9.17, 15) is 31.5 Å². The van der Waals surface area contributed by atoms with E-state index in [1.165, 1.54) is 33.1 Å². The van der Waals surface area contributed by atoms with Gasteiger partial charge in [-0.05, 0) is 32.1 Å². The molecule has 10 heteroatoms. The lowest BCUT2D eigenvalue weighted by molar-refractivity contribution is -0.138. The highest BCUT2D eigenvalue weighted by Crippen LogP contribution is 2.33. The van der Waals surface area contributed by atoms with Crippen molar-refractivity contribution in [2.45, 2.75) is 26.6 Å². The van der Waals surface area contributed by atoms with Crippen LogP contribution in [0.5, 0.6) is 0 Å². The third kappa shape index (κ3) is 4.84. The fraction of sp³-hybridized carbons (Fsp3) is 0.238. The Bertz CT molecular complexity index is 1190. The fourth-order valence-corrected chi connectivity index (χ4v) is 3.09. The molecule has 5 nitrogen and oxygen atoms in total. The molecule has 166 valence electrons. The van der Waals surface area contributed by atoms with Crippen molar-refractivity contribution in [2.75, 3.05) is 7.11 Å². The zero-order valence-electron chi connectivity index (χ0n) is 16.9. The summed E-state index contributed by atoms with van der Waals surface area (Å²) in [4.78, 5) is 26.6. The van der Waals surface area contributed by atoms with Gasteiger partial charge < -0.3 is 4.74 Å². The number of hydrogen-bond acceptors (Lipinski definition) is 3. The lowest BCUT2D eigenvalue weighted by atomic mass is 10.0. The summed E-state index contributed by atoms with van der Waals surface area (Å²) < 4.78 is 74.6. The van der Waals surface area contributed by atoms with E-state index >= 15 is 0 Å². The van der Waals surface area contributed by atoms with Crippen molar-refractivity contribution in [1.82, 2.24) is 9.55 Å². The highest BCUT2D eigenvalue weighted by atomic mass is 19.4. The van der Waals surface area contributed by atoms with Crippen molar-refractivity contribution in [2.24, 2.45) is 0 Å². The molecule has 0 bridgehead atoms. The van der Waals surface area contributed by atoms with Gasteiger partial charge in [-0.25, -0.2) is 13.6 Å². The van der Waals surface area contributed by atoms with Gasteiger partial charge in [-0.2, -0.15) is 13.2 Å². The molecule has 0 aliphatic rings. The molecule has 0 aliphatic carbocycles. The molecule has 1 N–H and O–H groups in total. The number of rotatable bonds is 6. The van der Waals surface area contributed by atoms with Crippen LogP contribution in [0.25, 0.3) is 5.57 Å². The van der Waals surface area contributed by atoms with E-state index in [0.29, 0.717) is 6.07 Å². The van der Waals surface area contributed by atoms with Crippen LogP contribution in [0, 0.1) is 12.7 Å². The van der Waals surface area contributed by atoms with Crippen molar-refractivity contribution < 1.29 is 26.7 Å². The molecular formula is C21H19F5N2O3. The molecule has 0 fully saturated rings. The monoisotopic (exact) mass is 442 g/mol. The molecule has 0 saturated heterocycles. The predicted molar refractivity (Wildman–Crippen MR) is 106 cm³/mol. The Labute approximate surface area is 173 Å². The van der Waals surface area contributed by atoms with Crippen molar-refractivity contribution in [3.63, 3.8) is 0 Å². The third-order valence-electron chi connectivity index (χ3n) is 4.61. The second-order valence-corrected chi connectivity index (χ2v) is 6.48. The number of ether oxygens (including phenoxy) is 1. The number of nitrogens with one attached hydrogen (secondary N) is 1. The van der Waals surface area contributed by atoms with E-state index < -0.39 is 46.7 Å². The molecule has 1 aromatic heterocycles. The predicted octanol–water partition coefficient (Wildman–Crippen LogP) is 4.47. The Morgan fingerprint density at radius 3 is 2.48 bits per heavy atom. The average molecular weight is 442 g/mol. The van der Waals surface area contributed by atoms with Crippen LogP contribution in [0.15, 0.2) is 58.1 Å². The van der Waals surface area contributed by atoms with Crippen LogP contribution < -0.4 is 11.2 Å². The standard InChI is InChI=1S/C21H19F5N2O3/c1-5-7-16(31-4)18(23)11(2)17-12(3)28(20(30)27-19(17)29)10-13-14(21(24,25)26)8-6-9-15(13)22/h5-9H,1,10H2,2-4H3,(H,27,29,30)/b16-7+,18-11-. The smallest absolute Gasteiger partial charge is 0.416 e. The maximum absolute atomic E-state index is 14.8. The van der Waals surface area contributed by atoms with Gasteiger partial charge in [0.2, 0.25) is 0 Å². The SMILES string of the molecule is C=C/C=C(OC)\C(F)=C(/C)c1c(C)n(Cc2c(F)cccc2C(F)(F)F)c(=O)[nH]c1=O. The number of aromatic nitrogens is 2. The van der Waals surface area contributed by atoms with Crippen molar-refractivity contribution in [3.05, 3.63) is 97.6 Å². The number of hydrogen-bond donors (Lipinski definition) is 1. The normalized spacial score (nSPS) is 13.1. The van der Waals surface area contributed by atoms with Gasteiger partial charge in [0.05, 0.1) is 24.8 Å². The maximum atomic E-state index is 14.8. The summed E-state index contributed by atoms with van der Waals surface area (Å²) in [5.41, 5.74) is -4.74. The van der Waals surface area contributed by atoms with Crippen LogP contribution in [-0.2, 0) is 17.5 Å². The fourth-order valence-electron chi connectivity index (χ4n) is 3.09. The maximum Gasteiger partial charge on any atom is 0.416 e. The van der Waals surface area contributed by atoms with Crippen LogP contribution >= 0.6 is 0 Å². The van der Waals surface area contributed by atoms with Crippen LogP contribution in [0.2, 0.25) is 0 Å². The Morgan fingerprint density at radius 1 is 1.29 bits per heavy atom. The zero-order valence-corrected chi connectivity index (χ0v) is 16.9. The minimum atomic E-state index is -4.87. The minimum absolute atomic E-state index is 0.146. The summed E-state index contributed by atoms with van der Waals surface area (Å²) >= 11 is 0. The van der Waals surface area contributed by atoms with E-state index in [-0.39, 0.29) is 22.6 Å². The molecule has 0 aliphatic heterocycles. The molecule has 0 saturated carbocycles. The molecule has 0 radical (unpaired) electrons. The summed E-state index contributed by atoms with van der Waals surface area (Å²) in [6, 6.07) is 2.41. The van der Waals surface area contributed by atoms with Crippen molar-refractivity contribution in [1.29, 1.82) is 0 Å². The van der Waals surface area contributed by atoms with Crippen LogP contribution in [-0.4, -0.2) is 16.7 Å². The highest BCUT2D eigenvalue weighted by Gasteiger charge is 2.34. The topological polar surface area (TPSA) is 64.1 Å². The molecule has 1 heterocycles. The Morgan fingerprint density at radius 2 is 1.94 bits per heavy atom. The molecule has 0 unspecified atom stereocenters. The van der Waals surface area contributed by atoms with Gasteiger partial charge in [-0.15, -0.1) is 0 Å². The van der Waals surface area contributed by atoms with Crippen molar-refractivity contribution >= 4 is 5.57 Å². The van der Waals surface area contributed by atoms with Gasteiger partial charge in [0, 0.05) is 16.8 Å². The third-order valence-corrected chi connectivity index (χ3v) is 4.61. The van der Waals surface area contributed by atoms with E-state index in [1.54, 1.807) is 0 Å². The number of allylic oxidation sites excluding steroid dienone is 4. The second kappa shape index (κ2) is 9.15. The molecule has 31 heavy (non-hydrogen) atoms. The van der Waals surface area contributed by atoms with Gasteiger partial charge in [0.1, 0.15) is 5.82 Å². The largest absolute Gasteiger partial charge is 0.494 e. The lowest BCUT2D eigenvalue weighted by Gasteiger charge is -2.18. The van der Waals surface area contributed by atoms with Gasteiger partial charge >= 0.3 is 11.9 Å². The molecule has 1 aromatic carbocycles. The Hall–Kier alpha value is -3.43. The first-order valence-electron chi connectivity index (χ1n) is 8.86. The average Bonchev–Trinajstić information content (AvgIpc) is 2.68. The Balaban J connectivity index is 2.76. The van der Waals surface area contributed by atoms with Gasteiger partial charge in [-0.3, -0.25) is 14.3 Å². The number of H-pyrrole nitrogens is 1. The summed E-state index contributed by atoms with van der Waals surface area (Å²) in [5, 5.41) is 0. The second-order valence-electron chi connectivity index (χ2n) is 6.48. The van der Waals surface area contributed by atoms with Gasteiger partial charge in [0.25, 0.3) is 5.56 Å². The molecule has 2 aromatic rings. The first-order valence-corrected chi connectivity index (χ1v) is 8.86. The lowest BCUT2D eigenvalue weighted by Crippen LogP contribution is -2.35. The van der Waals surface area contributed by atoms with Gasteiger partial charge in [-0.1, -0.05) is 18.7 Å². The van der Waals surface area contributed by atoms with E-state index in [2.05, 4.69) is 6.58 Å². The van der Waals surface area contributed by atoms with Crippen LogP contribution in [0.4, 0.5) is 22.0 Å². The molecular weight excluding hydrogens is 423 g/mol. The summed E-state index contributed by atoms with van der Waals surface area (Å²) in [6.07, 6.45) is -2.42. The molecule has 2 rings (SSSR count). The number of nitrogens with zero attached hydrogens (tertiary/aromatic N) is 1. The van der Waals surface area contributed by atoms with E-state index in [0.717, 1.165) is 16.7 Å². The summed E-state index contributed by atoms with van der Waals surface area (Å²) in [6.45, 7) is 5.08. The summed E-state index contributed by atoms with van der Waals surface area (Å²) in [5.74, 6) is -2.37. The zero-order chi connectivity index (χ0) is 23.5. The number of benzene rings is 1. The number of halogens is 5. The van der Waals surface area contributed by atoms with Crippen molar-refractivity contribution in [3.8, 4) is 0 Å². The minimum Gasteiger partial charge on any atom is -0.494 e. The van der Waals surface area contributed by atoms with Crippen LogP contribution in [0.1, 0.15) is 29.3 Å². The van der Waals surface area contributed by atoms with E-state index in [4.69, 9.17) is 4.74 Å². The first-order chi connectivity index (χ1) is 14.4. The number of aromatic amines is 1. The highest BCUT2D eigenvalue weighted by molar-refractivity contribution is 5.69. The Kier molecular flexibility index (Phi) is 7.04. The number of alkyl halides is 3. The molecule has 0 amide bonds. The number of methoxy groups -OCH3 is 1. The quantitative estimate of drug-likeness (QED) is 0.408. The van der Waals surface area contributed by atoms with Gasteiger partial charge in [0.15, 0.2) is 11.6 Å². The molecule has 0 spiro atoms. The summed E-state index contributed by atoms with van der Waals surface area (Å²) in [7, 11) is 1.19. The molecule has 0 atom stereocenters. The van der Waals surface area contributed by atoms with E-state index in [1.807, 2.05) is 4.98 Å².